The first-order valence-electron chi connectivity index (χ1n) is 8.75. The molecule has 0 aliphatic heterocycles. The molecule has 0 bridgehead atoms. The van der Waals surface area contributed by atoms with Gasteiger partial charge in [0.05, 0.1) is 0 Å². The van der Waals surface area contributed by atoms with Gasteiger partial charge in [-0.15, -0.1) is 0 Å². The van der Waals surface area contributed by atoms with E-state index >= 15 is 0 Å². The number of ether oxygens (including phenoxy) is 1. The molecule has 0 saturated carbocycles. The molecule has 0 unspecified atom stereocenters. The number of hydrogen-bond donors (Lipinski definition) is 4. The Morgan fingerprint density at radius 1 is 0.893 bits per heavy atom. The summed E-state index contributed by atoms with van der Waals surface area (Å²) in [5, 5.41) is 13.8. The molecule has 2 aromatic carbocycles. The van der Waals surface area contributed by atoms with Crippen LogP contribution in [-0.2, 0) is 27.4 Å². The van der Waals surface area contributed by atoms with Crippen molar-refractivity contribution in [1.82, 2.24) is 16.1 Å². The van der Waals surface area contributed by atoms with Gasteiger partial charge in [-0.3, -0.25) is 14.8 Å². The Bertz CT molecular complexity index is 783. The highest BCUT2D eigenvalue weighted by Crippen LogP contribution is 2.04. The van der Waals surface area contributed by atoms with Crippen molar-refractivity contribution in [3.8, 4) is 0 Å². The summed E-state index contributed by atoms with van der Waals surface area (Å²) in [6.45, 7) is 1.54. The summed E-state index contributed by atoms with van der Waals surface area (Å²) in [6.07, 6.45) is -0.567. The normalized spacial score (nSPS) is 12.4. The van der Waals surface area contributed by atoms with Crippen molar-refractivity contribution in [2.75, 3.05) is 0 Å². The standard InChI is InChI=1S/C20H23N3O5/c1-14(21-20(26)28-13-16-10-6-3-7-11-16)18(24)22-17(19(25)23-27)12-15-8-4-2-5-9-15/h2-11,14,17,27H,12-13H2,1H3,(H,21,26)(H,22,24)(H,23,25)/t14-,17-/m0/s1. The topological polar surface area (TPSA) is 117 Å². The van der Waals surface area contributed by atoms with Crippen molar-refractivity contribution in [2.24, 2.45) is 0 Å². The molecule has 2 rings (SSSR count). The molecule has 0 heterocycles. The molecule has 0 aromatic heterocycles. The highest BCUT2D eigenvalue weighted by atomic mass is 16.5. The summed E-state index contributed by atoms with van der Waals surface area (Å²) in [4.78, 5) is 36.1. The summed E-state index contributed by atoms with van der Waals surface area (Å²) in [5.41, 5.74) is 3.16. The Labute approximate surface area is 162 Å². The number of nitrogens with one attached hydrogen (secondary N) is 3. The van der Waals surface area contributed by atoms with Gasteiger partial charge in [-0.1, -0.05) is 60.7 Å². The third-order valence-corrected chi connectivity index (χ3v) is 3.97. The van der Waals surface area contributed by atoms with Gasteiger partial charge in [0.2, 0.25) is 5.91 Å². The number of benzene rings is 2. The Kier molecular flexibility index (Phi) is 7.98. The van der Waals surface area contributed by atoms with E-state index in [1.54, 1.807) is 29.7 Å². The monoisotopic (exact) mass is 385 g/mol. The molecule has 0 spiro atoms. The average molecular weight is 385 g/mol. The number of rotatable bonds is 8. The second-order valence-corrected chi connectivity index (χ2v) is 6.15. The van der Waals surface area contributed by atoms with Crippen LogP contribution in [0.15, 0.2) is 60.7 Å². The lowest BCUT2D eigenvalue weighted by Crippen LogP contribution is -2.53. The zero-order valence-electron chi connectivity index (χ0n) is 15.4. The van der Waals surface area contributed by atoms with Crippen LogP contribution in [0.5, 0.6) is 0 Å². The van der Waals surface area contributed by atoms with Gasteiger partial charge < -0.3 is 15.4 Å². The largest absolute Gasteiger partial charge is 0.445 e. The molecule has 2 aromatic rings. The number of alkyl carbamates (subject to hydrolysis) is 1. The van der Waals surface area contributed by atoms with Crippen molar-refractivity contribution >= 4 is 17.9 Å². The van der Waals surface area contributed by atoms with E-state index in [9.17, 15) is 14.4 Å². The lowest BCUT2D eigenvalue weighted by molar-refractivity contribution is -0.135. The quantitative estimate of drug-likeness (QED) is 0.406. The van der Waals surface area contributed by atoms with Gasteiger partial charge in [0.15, 0.2) is 0 Å². The van der Waals surface area contributed by atoms with E-state index in [1.165, 1.54) is 6.92 Å². The van der Waals surface area contributed by atoms with Crippen LogP contribution in [0.1, 0.15) is 18.1 Å². The van der Waals surface area contributed by atoms with Crippen LogP contribution in [0.4, 0.5) is 4.79 Å². The average Bonchev–Trinajstić information content (AvgIpc) is 2.72. The van der Waals surface area contributed by atoms with Crippen LogP contribution < -0.4 is 16.1 Å². The molecule has 28 heavy (non-hydrogen) atoms. The third-order valence-electron chi connectivity index (χ3n) is 3.97. The molecular weight excluding hydrogens is 362 g/mol. The molecule has 8 heteroatoms. The van der Waals surface area contributed by atoms with Crippen LogP contribution in [0.25, 0.3) is 0 Å². The third kappa shape index (κ3) is 6.73. The fraction of sp³-hybridized carbons (Fsp3) is 0.250. The summed E-state index contributed by atoms with van der Waals surface area (Å²) in [7, 11) is 0. The molecule has 4 N–H and O–H groups in total. The Hall–Kier alpha value is -3.39. The van der Waals surface area contributed by atoms with E-state index in [-0.39, 0.29) is 13.0 Å². The van der Waals surface area contributed by atoms with Gasteiger partial charge in [0.1, 0.15) is 18.7 Å². The molecule has 0 aliphatic carbocycles. The van der Waals surface area contributed by atoms with Crippen molar-refractivity contribution < 1.29 is 24.3 Å². The van der Waals surface area contributed by atoms with Gasteiger partial charge in [-0.05, 0) is 18.1 Å². The second kappa shape index (κ2) is 10.7. The first-order valence-corrected chi connectivity index (χ1v) is 8.75. The van der Waals surface area contributed by atoms with E-state index in [4.69, 9.17) is 9.94 Å². The number of amides is 3. The minimum atomic E-state index is -0.996. The first kappa shape index (κ1) is 20.9. The summed E-state index contributed by atoms with van der Waals surface area (Å²) < 4.78 is 5.07. The van der Waals surface area contributed by atoms with E-state index in [1.807, 2.05) is 36.4 Å². The number of hydrogen-bond acceptors (Lipinski definition) is 5. The fourth-order valence-corrected chi connectivity index (χ4v) is 2.44. The minimum absolute atomic E-state index is 0.0740. The van der Waals surface area contributed by atoms with Crippen LogP contribution in [0, 0.1) is 0 Å². The van der Waals surface area contributed by atoms with Gasteiger partial charge in [0, 0.05) is 6.42 Å². The summed E-state index contributed by atoms with van der Waals surface area (Å²) >= 11 is 0. The van der Waals surface area contributed by atoms with Crippen molar-refractivity contribution in [2.45, 2.75) is 32.0 Å². The molecule has 148 valence electrons. The first-order chi connectivity index (χ1) is 13.5. The Morgan fingerprint density at radius 2 is 1.46 bits per heavy atom. The maximum Gasteiger partial charge on any atom is 0.408 e. The number of hydroxylamine groups is 1. The van der Waals surface area contributed by atoms with Crippen molar-refractivity contribution in [3.05, 3.63) is 71.8 Å². The highest BCUT2D eigenvalue weighted by Gasteiger charge is 2.24. The maximum absolute atomic E-state index is 12.3. The molecule has 0 fully saturated rings. The van der Waals surface area contributed by atoms with E-state index < -0.39 is 30.0 Å². The summed E-state index contributed by atoms with van der Waals surface area (Å²) in [6, 6.07) is 16.2. The van der Waals surface area contributed by atoms with Gasteiger partial charge in [-0.2, -0.15) is 0 Å². The van der Waals surface area contributed by atoms with Gasteiger partial charge in [0.25, 0.3) is 5.91 Å². The maximum atomic E-state index is 12.3. The van der Waals surface area contributed by atoms with E-state index in [2.05, 4.69) is 10.6 Å². The predicted molar refractivity (Wildman–Crippen MR) is 101 cm³/mol. The van der Waals surface area contributed by atoms with Crippen LogP contribution >= 0.6 is 0 Å². The Morgan fingerprint density at radius 3 is 2.04 bits per heavy atom. The van der Waals surface area contributed by atoms with Crippen molar-refractivity contribution in [3.63, 3.8) is 0 Å². The zero-order chi connectivity index (χ0) is 20.4. The van der Waals surface area contributed by atoms with Crippen LogP contribution in [0.3, 0.4) is 0 Å². The van der Waals surface area contributed by atoms with Crippen molar-refractivity contribution in [1.29, 1.82) is 0 Å². The molecule has 3 amide bonds. The summed E-state index contributed by atoms with van der Waals surface area (Å²) in [5.74, 6) is -1.34. The predicted octanol–water partition coefficient (Wildman–Crippen LogP) is 1.53. The van der Waals surface area contributed by atoms with Gasteiger partial charge in [-0.25, -0.2) is 10.3 Å². The Balaban J connectivity index is 1.87. The molecule has 0 radical (unpaired) electrons. The second-order valence-electron chi connectivity index (χ2n) is 6.15. The van der Waals surface area contributed by atoms with Gasteiger partial charge >= 0.3 is 6.09 Å². The van der Waals surface area contributed by atoms with E-state index in [0.717, 1.165) is 11.1 Å². The lowest BCUT2D eigenvalue weighted by Gasteiger charge is -2.20. The van der Waals surface area contributed by atoms with Crippen LogP contribution in [-0.4, -0.2) is 35.2 Å². The molecule has 0 saturated heterocycles. The number of carbonyl (C=O) groups excluding carboxylic acids is 3. The van der Waals surface area contributed by atoms with Crippen LogP contribution in [0.2, 0.25) is 0 Å². The highest BCUT2D eigenvalue weighted by molar-refractivity contribution is 5.90. The fourth-order valence-electron chi connectivity index (χ4n) is 2.44. The lowest BCUT2D eigenvalue weighted by atomic mass is 10.1. The molecular formula is C20H23N3O5. The minimum Gasteiger partial charge on any atom is -0.445 e. The van der Waals surface area contributed by atoms with E-state index in [0.29, 0.717) is 0 Å². The molecule has 8 nitrogen and oxygen atoms in total. The SMILES string of the molecule is C[C@H](NC(=O)OCc1ccccc1)C(=O)N[C@@H](Cc1ccccc1)C(=O)NO. The molecule has 0 aliphatic rings. The smallest absolute Gasteiger partial charge is 0.408 e. The molecule has 2 atom stereocenters. The number of carbonyl (C=O) groups is 3. The zero-order valence-corrected chi connectivity index (χ0v) is 15.4.